The number of rotatable bonds is 5. The number of ether oxygens (including phenoxy) is 3. The van der Waals surface area contributed by atoms with E-state index in [9.17, 15) is 4.79 Å². The van der Waals surface area contributed by atoms with E-state index in [0.717, 1.165) is 5.56 Å². The number of methoxy groups -OCH3 is 2. The average Bonchev–Trinajstić information content (AvgIpc) is 2.52. The molecule has 0 aromatic heterocycles. The number of benzene rings is 1. The molecule has 1 amide bonds. The van der Waals surface area contributed by atoms with Crippen molar-refractivity contribution in [1.29, 1.82) is 0 Å². The highest BCUT2D eigenvalue weighted by Crippen LogP contribution is 2.24. The first-order valence-corrected chi connectivity index (χ1v) is 6.95. The van der Waals surface area contributed by atoms with E-state index in [0.29, 0.717) is 44.1 Å². The molecular formula is C15H23ClN2O4. The molecule has 0 unspecified atom stereocenters. The molecule has 1 aromatic carbocycles. The van der Waals surface area contributed by atoms with Gasteiger partial charge in [0, 0.05) is 25.3 Å². The molecule has 0 saturated carbocycles. The molecule has 0 aliphatic carbocycles. The molecule has 1 aliphatic heterocycles. The van der Waals surface area contributed by atoms with E-state index in [1.165, 1.54) is 0 Å². The van der Waals surface area contributed by atoms with E-state index < -0.39 is 5.54 Å². The van der Waals surface area contributed by atoms with Crippen molar-refractivity contribution in [1.82, 2.24) is 5.32 Å². The van der Waals surface area contributed by atoms with Crippen LogP contribution in [0.4, 0.5) is 0 Å². The maximum Gasteiger partial charge on any atom is 0.240 e. The van der Waals surface area contributed by atoms with Gasteiger partial charge >= 0.3 is 0 Å². The first-order valence-electron chi connectivity index (χ1n) is 6.95. The molecule has 0 bridgehead atoms. The fraction of sp³-hybridized carbons (Fsp3) is 0.533. The molecule has 3 N–H and O–H groups in total. The highest BCUT2D eigenvalue weighted by molar-refractivity contribution is 5.86. The third-order valence-electron chi connectivity index (χ3n) is 3.76. The fourth-order valence-corrected chi connectivity index (χ4v) is 2.33. The summed E-state index contributed by atoms with van der Waals surface area (Å²) in [7, 11) is 3.19. The average molecular weight is 331 g/mol. The third-order valence-corrected chi connectivity index (χ3v) is 3.76. The van der Waals surface area contributed by atoms with Gasteiger partial charge in [0.1, 0.15) is 11.5 Å². The lowest BCUT2D eigenvalue weighted by Crippen LogP contribution is -2.56. The molecule has 1 fully saturated rings. The summed E-state index contributed by atoms with van der Waals surface area (Å²) in [6.07, 6.45) is 1.07. The largest absolute Gasteiger partial charge is 0.497 e. The second kappa shape index (κ2) is 8.22. The van der Waals surface area contributed by atoms with Gasteiger partial charge in [-0.05, 0) is 31.0 Å². The Balaban J connectivity index is 0.00000242. The monoisotopic (exact) mass is 330 g/mol. The topological polar surface area (TPSA) is 82.8 Å². The molecule has 22 heavy (non-hydrogen) atoms. The van der Waals surface area contributed by atoms with Crippen LogP contribution in [0.2, 0.25) is 0 Å². The first-order chi connectivity index (χ1) is 10.1. The predicted molar refractivity (Wildman–Crippen MR) is 85.6 cm³/mol. The number of halogens is 1. The van der Waals surface area contributed by atoms with Crippen LogP contribution in [0.5, 0.6) is 11.5 Å². The highest BCUT2D eigenvalue weighted by Gasteiger charge is 2.35. The van der Waals surface area contributed by atoms with E-state index in [1.54, 1.807) is 14.2 Å². The van der Waals surface area contributed by atoms with Crippen molar-refractivity contribution in [2.24, 2.45) is 5.73 Å². The van der Waals surface area contributed by atoms with E-state index >= 15 is 0 Å². The number of nitrogens with two attached hydrogens (primary N) is 1. The molecule has 1 saturated heterocycles. The fourth-order valence-electron chi connectivity index (χ4n) is 2.33. The van der Waals surface area contributed by atoms with Crippen molar-refractivity contribution in [3.63, 3.8) is 0 Å². The van der Waals surface area contributed by atoms with Crippen LogP contribution in [0.3, 0.4) is 0 Å². The SMILES string of the molecule is COc1ccc(OC)c(CNC(=O)C2(N)CCOCC2)c1.Cl. The summed E-state index contributed by atoms with van der Waals surface area (Å²) in [5.74, 6) is 1.26. The number of hydrogen-bond acceptors (Lipinski definition) is 5. The van der Waals surface area contributed by atoms with Crippen LogP contribution < -0.4 is 20.5 Å². The van der Waals surface area contributed by atoms with Crippen molar-refractivity contribution in [3.8, 4) is 11.5 Å². The highest BCUT2D eigenvalue weighted by atomic mass is 35.5. The molecule has 6 nitrogen and oxygen atoms in total. The van der Waals surface area contributed by atoms with Gasteiger partial charge in [-0.2, -0.15) is 0 Å². The summed E-state index contributed by atoms with van der Waals surface area (Å²) in [5.41, 5.74) is 6.15. The van der Waals surface area contributed by atoms with Crippen LogP contribution in [-0.2, 0) is 16.1 Å². The predicted octanol–water partition coefficient (Wildman–Crippen LogP) is 1.25. The minimum Gasteiger partial charge on any atom is -0.497 e. The van der Waals surface area contributed by atoms with E-state index in [2.05, 4.69) is 5.32 Å². The zero-order valence-corrected chi connectivity index (χ0v) is 13.7. The molecule has 7 heteroatoms. The summed E-state index contributed by atoms with van der Waals surface area (Å²) < 4.78 is 15.7. The molecule has 124 valence electrons. The molecule has 0 atom stereocenters. The lowest BCUT2D eigenvalue weighted by Gasteiger charge is -2.31. The Kier molecular flexibility index (Phi) is 6.93. The van der Waals surface area contributed by atoms with Gasteiger partial charge in [0.25, 0.3) is 0 Å². The Hall–Kier alpha value is -1.50. The Labute approximate surface area is 136 Å². The molecule has 1 heterocycles. The quantitative estimate of drug-likeness (QED) is 0.849. The van der Waals surface area contributed by atoms with Gasteiger partial charge in [-0.1, -0.05) is 0 Å². The van der Waals surface area contributed by atoms with E-state index in [-0.39, 0.29) is 18.3 Å². The first kappa shape index (κ1) is 18.5. The van der Waals surface area contributed by atoms with Gasteiger partial charge in [0.2, 0.25) is 5.91 Å². The van der Waals surface area contributed by atoms with Crippen molar-refractivity contribution >= 4 is 18.3 Å². The Morgan fingerprint density at radius 3 is 2.59 bits per heavy atom. The number of hydrogen-bond donors (Lipinski definition) is 2. The van der Waals surface area contributed by atoms with Crippen LogP contribution in [0, 0.1) is 0 Å². The van der Waals surface area contributed by atoms with Gasteiger partial charge in [-0.25, -0.2) is 0 Å². The van der Waals surface area contributed by atoms with Gasteiger partial charge in [-0.3, -0.25) is 4.79 Å². The van der Waals surface area contributed by atoms with Crippen molar-refractivity contribution in [2.45, 2.75) is 24.9 Å². The zero-order valence-electron chi connectivity index (χ0n) is 12.9. The summed E-state index contributed by atoms with van der Waals surface area (Å²) in [4.78, 5) is 12.3. The minimum absolute atomic E-state index is 0. The zero-order chi connectivity index (χ0) is 15.3. The molecule has 0 radical (unpaired) electrons. The van der Waals surface area contributed by atoms with Crippen LogP contribution in [0.15, 0.2) is 18.2 Å². The molecule has 1 aliphatic rings. The second-order valence-electron chi connectivity index (χ2n) is 5.13. The molecule has 2 rings (SSSR count). The van der Waals surface area contributed by atoms with Crippen molar-refractivity contribution in [3.05, 3.63) is 23.8 Å². The van der Waals surface area contributed by atoms with Crippen LogP contribution >= 0.6 is 12.4 Å². The number of carbonyl (C=O) groups excluding carboxylic acids is 1. The Morgan fingerprint density at radius 2 is 2.00 bits per heavy atom. The maximum absolute atomic E-state index is 12.3. The Morgan fingerprint density at radius 1 is 1.32 bits per heavy atom. The lowest BCUT2D eigenvalue weighted by atomic mass is 9.90. The molecular weight excluding hydrogens is 308 g/mol. The second-order valence-corrected chi connectivity index (χ2v) is 5.13. The van der Waals surface area contributed by atoms with Crippen LogP contribution in [0.25, 0.3) is 0 Å². The van der Waals surface area contributed by atoms with E-state index in [1.807, 2.05) is 18.2 Å². The smallest absolute Gasteiger partial charge is 0.240 e. The van der Waals surface area contributed by atoms with Gasteiger partial charge in [-0.15, -0.1) is 12.4 Å². The minimum atomic E-state index is -0.843. The number of nitrogens with one attached hydrogen (secondary N) is 1. The standard InChI is InChI=1S/C15H22N2O4.ClH/c1-19-12-3-4-13(20-2)11(9-12)10-17-14(18)15(16)5-7-21-8-6-15;/h3-4,9H,5-8,10,16H2,1-2H3,(H,17,18);1H. The maximum atomic E-state index is 12.3. The number of carbonyl (C=O) groups is 1. The molecule has 0 spiro atoms. The van der Waals surface area contributed by atoms with Crippen LogP contribution in [0.1, 0.15) is 18.4 Å². The van der Waals surface area contributed by atoms with E-state index in [4.69, 9.17) is 19.9 Å². The molecule has 1 aromatic rings. The van der Waals surface area contributed by atoms with Crippen molar-refractivity contribution in [2.75, 3.05) is 27.4 Å². The number of amides is 1. The van der Waals surface area contributed by atoms with Gasteiger partial charge in [0.05, 0.1) is 19.8 Å². The normalized spacial score (nSPS) is 16.3. The van der Waals surface area contributed by atoms with Gasteiger partial charge < -0.3 is 25.3 Å². The summed E-state index contributed by atoms with van der Waals surface area (Å²) >= 11 is 0. The lowest BCUT2D eigenvalue weighted by molar-refractivity contribution is -0.129. The Bertz CT molecular complexity index is 504. The van der Waals surface area contributed by atoms with Crippen LogP contribution in [-0.4, -0.2) is 38.9 Å². The summed E-state index contributed by atoms with van der Waals surface area (Å²) in [6.45, 7) is 1.39. The summed E-state index contributed by atoms with van der Waals surface area (Å²) in [6, 6.07) is 5.46. The van der Waals surface area contributed by atoms with Crippen molar-refractivity contribution < 1.29 is 19.0 Å². The third kappa shape index (κ3) is 4.25. The summed E-state index contributed by atoms with van der Waals surface area (Å²) in [5, 5.41) is 2.88. The van der Waals surface area contributed by atoms with Gasteiger partial charge in [0.15, 0.2) is 0 Å².